The standard InChI is InChI=1S/C22H36N2O2/c1-5-26-22(25)13-17(4)18-11-12-21(20(23)14-18)24(15-16(2)3)19-9-7-6-8-10-19/h11-12,14,16-17,19H,5-10,13,15,23H2,1-4H3/t17-/m1/s1. The maximum Gasteiger partial charge on any atom is 0.306 e. The van der Waals surface area contributed by atoms with E-state index in [0.29, 0.717) is 25.0 Å². The van der Waals surface area contributed by atoms with Crippen molar-refractivity contribution in [3.8, 4) is 0 Å². The molecule has 1 aromatic rings. The molecule has 4 heteroatoms. The number of nitrogens with zero attached hydrogens (tertiary/aromatic N) is 1. The van der Waals surface area contributed by atoms with Crippen LogP contribution < -0.4 is 10.6 Å². The summed E-state index contributed by atoms with van der Waals surface area (Å²) >= 11 is 0. The van der Waals surface area contributed by atoms with E-state index in [9.17, 15) is 4.79 Å². The van der Waals surface area contributed by atoms with Crippen LogP contribution in [0.5, 0.6) is 0 Å². The minimum atomic E-state index is -0.147. The molecule has 0 unspecified atom stereocenters. The zero-order chi connectivity index (χ0) is 19.1. The fourth-order valence-corrected chi connectivity index (χ4v) is 3.96. The molecular weight excluding hydrogens is 324 g/mol. The summed E-state index contributed by atoms with van der Waals surface area (Å²) in [4.78, 5) is 14.3. The second-order valence-electron chi connectivity index (χ2n) is 8.07. The van der Waals surface area contributed by atoms with E-state index in [1.807, 2.05) is 6.92 Å². The number of anilines is 2. The van der Waals surface area contributed by atoms with Crippen LogP contribution >= 0.6 is 0 Å². The fourth-order valence-electron chi connectivity index (χ4n) is 3.96. The summed E-state index contributed by atoms with van der Waals surface area (Å²) in [7, 11) is 0. The molecule has 1 atom stereocenters. The van der Waals surface area contributed by atoms with Crippen molar-refractivity contribution in [2.45, 2.75) is 78.2 Å². The van der Waals surface area contributed by atoms with E-state index in [1.165, 1.54) is 32.1 Å². The lowest BCUT2D eigenvalue weighted by molar-refractivity contribution is -0.143. The van der Waals surface area contributed by atoms with Gasteiger partial charge in [-0.3, -0.25) is 4.79 Å². The average molecular weight is 361 g/mol. The van der Waals surface area contributed by atoms with Crippen LogP contribution in [0.1, 0.15) is 77.7 Å². The largest absolute Gasteiger partial charge is 0.466 e. The quantitative estimate of drug-likeness (QED) is 0.516. The summed E-state index contributed by atoms with van der Waals surface area (Å²) in [5.74, 6) is 0.559. The van der Waals surface area contributed by atoms with Crippen molar-refractivity contribution in [3.05, 3.63) is 23.8 Å². The number of carbonyl (C=O) groups excluding carboxylic acids is 1. The van der Waals surface area contributed by atoms with Gasteiger partial charge >= 0.3 is 5.97 Å². The van der Waals surface area contributed by atoms with Gasteiger partial charge in [0.15, 0.2) is 0 Å². The molecule has 1 saturated carbocycles. The molecule has 146 valence electrons. The van der Waals surface area contributed by atoms with Gasteiger partial charge in [-0.15, -0.1) is 0 Å². The van der Waals surface area contributed by atoms with Crippen LogP contribution in [-0.2, 0) is 9.53 Å². The van der Waals surface area contributed by atoms with Crippen LogP contribution in [0.2, 0.25) is 0 Å². The minimum Gasteiger partial charge on any atom is -0.466 e. The molecule has 4 nitrogen and oxygen atoms in total. The molecule has 0 saturated heterocycles. The van der Waals surface area contributed by atoms with Gasteiger partial charge in [-0.25, -0.2) is 0 Å². The average Bonchev–Trinajstić information content (AvgIpc) is 2.60. The van der Waals surface area contributed by atoms with Crippen molar-refractivity contribution in [2.24, 2.45) is 5.92 Å². The number of benzene rings is 1. The predicted molar refractivity (Wildman–Crippen MR) is 110 cm³/mol. The monoisotopic (exact) mass is 360 g/mol. The second-order valence-corrected chi connectivity index (χ2v) is 8.07. The molecule has 0 amide bonds. The van der Waals surface area contributed by atoms with E-state index in [1.54, 1.807) is 0 Å². The van der Waals surface area contributed by atoms with Gasteiger partial charge < -0.3 is 15.4 Å². The molecule has 1 fully saturated rings. The second kappa shape index (κ2) is 9.84. The zero-order valence-corrected chi connectivity index (χ0v) is 17.0. The van der Waals surface area contributed by atoms with E-state index in [2.05, 4.69) is 43.9 Å². The van der Waals surface area contributed by atoms with E-state index in [4.69, 9.17) is 10.5 Å². The van der Waals surface area contributed by atoms with Crippen LogP contribution in [-0.4, -0.2) is 25.2 Å². The molecule has 0 bridgehead atoms. The first-order chi connectivity index (χ1) is 12.4. The summed E-state index contributed by atoms with van der Waals surface area (Å²) in [5, 5.41) is 0. The molecule has 1 aliphatic carbocycles. The molecule has 0 radical (unpaired) electrons. The molecule has 26 heavy (non-hydrogen) atoms. The molecule has 2 N–H and O–H groups in total. The van der Waals surface area contributed by atoms with Gasteiger partial charge in [0.05, 0.1) is 24.4 Å². The maximum absolute atomic E-state index is 11.8. The first-order valence-electron chi connectivity index (χ1n) is 10.2. The normalized spacial score (nSPS) is 16.5. The Morgan fingerprint density at radius 3 is 2.50 bits per heavy atom. The van der Waals surface area contributed by atoms with Crippen LogP contribution in [0, 0.1) is 5.92 Å². The number of esters is 1. The molecule has 2 rings (SSSR count). The lowest BCUT2D eigenvalue weighted by atomic mass is 9.92. The molecular formula is C22H36N2O2. The summed E-state index contributed by atoms with van der Waals surface area (Å²) in [6.45, 7) is 9.89. The van der Waals surface area contributed by atoms with Gasteiger partial charge in [-0.2, -0.15) is 0 Å². The van der Waals surface area contributed by atoms with Gasteiger partial charge in [0.2, 0.25) is 0 Å². The predicted octanol–water partition coefficient (Wildman–Crippen LogP) is 5.12. The zero-order valence-electron chi connectivity index (χ0n) is 17.0. The fraction of sp³-hybridized carbons (Fsp3) is 0.682. The number of hydrogen-bond acceptors (Lipinski definition) is 4. The van der Waals surface area contributed by atoms with Gasteiger partial charge in [0.25, 0.3) is 0 Å². The van der Waals surface area contributed by atoms with Crippen LogP contribution in [0.25, 0.3) is 0 Å². The van der Waals surface area contributed by atoms with E-state index < -0.39 is 0 Å². The van der Waals surface area contributed by atoms with E-state index in [0.717, 1.165) is 23.5 Å². The molecule has 0 aromatic heterocycles. The Morgan fingerprint density at radius 2 is 1.92 bits per heavy atom. The van der Waals surface area contributed by atoms with E-state index >= 15 is 0 Å². The van der Waals surface area contributed by atoms with Gasteiger partial charge in [-0.05, 0) is 49.3 Å². The minimum absolute atomic E-state index is 0.110. The highest BCUT2D eigenvalue weighted by Gasteiger charge is 2.24. The Morgan fingerprint density at radius 1 is 1.23 bits per heavy atom. The summed E-state index contributed by atoms with van der Waals surface area (Å²) in [5.41, 5.74) is 9.55. The summed E-state index contributed by atoms with van der Waals surface area (Å²) in [6.07, 6.45) is 6.89. The Bertz CT molecular complexity index is 580. The number of nitrogens with two attached hydrogens (primary N) is 1. The highest BCUT2D eigenvalue weighted by molar-refractivity contribution is 5.72. The van der Waals surface area contributed by atoms with Gasteiger partial charge in [0, 0.05) is 12.6 Å². The highest BCUT2D eigenvalue weighted by Crippen LogP contribution is 2.34. The third-order valence-corrected chi connectivity index (χ3v) is 5.29. The van der Waals surface area contributed by atoms with Gasteiger partial charge in [0.1, 0.15) is 0 Å². The number of ether oxygens (including phenoxy) is 1. The van der Waals surface area contributed by atoms with Crippen LogP contribution in [0.3, 0.4) is 0 Å². The Labute approximate surface area is 159 Å². The molecule has 1 aliphatic rings. The van der Waals surface area contributed by atoms with Crippen molar-refractivity contribution < 1.29 is 9.53 Å². The van der Waals surface area contributed by atoms with E-state index in [-0.39, 0.29) is 11.9 Å². The number of hydrogen-bond donors (Lipinski definition) is 1. The third kappa shape index (κ3) is 5.65. The lowest BCUT2D eigenvalue weighted by Gasteiger charge is -2.38. The third-order valence-electron chi connectivity index (χ3n) is 5.29. The smallest absolute Gasteiger partial charge is 0.306 e. The number of rotatable bonds is 8. The van der Waals surface area contributed by atoms with Crippen LogP contribution in [0.4, 0.5) is 11.4 Å². The number of nitrogen functional groups attached to an aromatic ring is 1. The number of carbonyl (C=O) groups is 1. The van der Waals surface area contributed by atoms with Crippen LogP contribution in [0.15, 0.2) is 18.2 Å². The van der Waals surface area contributed by atoms with Gasteiger partial charge in [-0.1, -0.05) is 46.1 Å². The molecule has 0 spiro atoms. The molecule has 0 heterocycles. The summed E-state index contributed by atoms with van der Waals surface area (Å²) in [6, 6.07) is 6.93. The van der Waals surface area contributed by atoms with Crippen molar-refractivity contribution in [1.29, 1.82) is 0 Å². The highest BCUT2D eigenvalue weighted by atomic mass is 16.5. The lowest BCUT2D eigenvalue weighted by Crippen LogP contribution is -2.39. The molecule has 1 aromatic carbocycles. The Hall–Kier alpha value is -1.71. The Kier molecular flexibility index (Phi) is 7.80. The first kappa shape index (κ1) is 20.6. The maximum atomic E-state index is 11.8. The van der Waals surface area contributed by atoms with Crippen molar-refractivity contribution in [3.63, 3.8) is 0 Å². The Balaban J connectivity index is 2.17. The SMILES string of the molecule is CCOC(=O)C[C@@H](C)c1ccc(N(CC(C)C)C2CCCCC2)c(N)c1. The van der Waals surface area contributed by atoms with Crippen molar-refractivity contribution >= 4 is 17.3 Å². The topological polar surface area (TPSA) is 55.6 Å². The molecule has 0 aliphatic heterocycles. The van der Waals surface area contributed by atoms with Crippen molar-refractivity contribution in [2.75, 3.05) is 23.8 Å². The van der Waals surface area contributed by atoms with Crippen molar-refractivity contribution in [1.82, 2.24) is 0 Å². The summed E-state index contributed by atoms with van der Waals surface area (Å²) < 4.78 is 5.07. The first-order valence-corrected chi connectivity index (χ1v) is 10.2.